The summed E-state index contributed by atoms with van der Waals surface area (Å²) in [5.41, 5.74) is -0.833. The van der Waals surface area contributed by atoms with Crippen LogP contribution >= 0.6 is 0 Å². The number of fused-ring (bicyclic) bond motifs is 2. The molecule has 5 nitrogen and oxygen atoms in total. The number of carboxylic acids is 2. The molecule has 15 heavy (non-hydrogen) atoms. The fraction of sp³-hybridized carbons (Fsp3) is 0.800. The predicted octanol–water partition coefficient (Wildman–Crippen LogP) is 0.446. The highest BCUT2D eigenvalue weighted by atomic mass is 16.4. The third-order valence-corrected chi connectivity index (χ3v) is 3.70. The van der Waals surface area contributed by atoms with Crippen molar-refractivity contribution in [2.45, 2.75) is 43.7 Å². The number of aliphatic carboxylic acids is 2. The Morgan fingerprint density at radius 1 is 1.40 bits per heavy atom. The van der Waals surface area contributed by atoms with E-state index in [0.717, 1.165) is 12.8 Å². The summed E-state index contributed by atoms with van der Waals surface area (Å²) < 4.78 is 0. The molecule has 0 aromatic heterocycles. The summed E-state index contributed by atoms with van der Waals surface area (Å²) in [4.78, 5) is 21.7. The quantitative estimate of drug-likeness (QED) is 0.631. The van der Waals surface area contributed by atoms with Crippen LogP contribution in [0.5, 0.6) is 0 Å². The van der Waals surface area contributed by atoms with E-state index in [9.17, 15) is 14.7 Å². The van der Waals surface area contributed by atoms with Crippen molar-refractivity contribution in [1.82, 2.24) is 5.32 Å². The molecule has 0 amide bonds. The Hall–Kier alpha value is -1.10. The molecule has 0 saturated carbocycles. The first-order valence-electron chi connectivity index (χ1n) is 5.27. The van der Waals surface area contributed by atoms with Crippen molar-refractivity contribution in [1.29, 1.82) is 0 Å². The van der Waals surface area contributed by atoms with E-state index >= 15 is 0 Å². The fourth-order valence-electron chi connectivity index (χ4n) is 2.96. The zero-order chi connectivity index (χ0) is 11.1. The maximum atomic E-state index is 11.2. The Balaban J connectivity index is 2.06. The second-order valence-electron chi connectivity index (χ2n) is 4.52. The van der Waals surface area contributed by atoms with Crippen molar-refractivity contribution in [3.63, 3.8) is 0 Å². The first-order chi connectivity index (χ1) is 7.04. The van der Waals surface area contributed by atoms with Crippen molar-refractivity contribution in [2.75, 3.05) is 0 Å². The van der Waals surface area contributed by atoms with Gasteiger partial charge in [0.1, 0.15) is 5.54 Å². The van der Waals surface area contributed by atoms with E-state index in [1.807, 2.05) is 0 Å². The largest absolute Gasteiger partial charge is 0.481 e. The van der Waals surface area contributed by atoms with E-state index in [1.54, 1.807) is 0 Å². The lowest BCUT2D eigenvalue weighted by atomic mass is 9.75. The Labute approximate surface area is 87.5 Å². The van der Waals surface area contributed by atoms with Crippen molar-refractivity contribution in [2.24, 2.45) is 5.92 Å². The average Bonchev–Trinajstić information content (AvgIpc) is 2.72. The Kier molecular flexibility index (Phi) is 2.42. The third-order valence-electron chi connectivity index (χ3n) is 3.70. The molecule has 0 aliphatic carbocycles. The summed E-state index contributed by atoms with van der Waals surface area (Å²) in [6.45, 7) is 0. The van der Waals surface area contributed by atoms with Crippen LogP contribution in [-0.2, 0) is 9.59 Å². The molecule has 2 rings (SSSR count). The molecule has 2 heterocycles. The highest BCUT2D eigenvalue weighted by Gasteiger charge is 2.56. The molecule has 2 aliphatic rings. The molecule has 2 bridgehead atoms. The molecule has 2 saturated heterocycles. The zero-order valence-corrected chi connectivity index (χ0v) is 8.40. The summed E-state index contributed by atoms with van der Waals surface area (Å²) in [5.74, 6) is -1.69. The Morgan fingerprint density at radius 2 is 2.13 bits per heavy atom. The minimum absolute atomic E-state index is 0.0233. The van der Waals surface area contributed by atoms with Gasteiger partial charge >= 0.3 is 11.9 Å². The molecule has 2 aliphatic heterocycles. The van der Waals surface area contributed by atoms with Crippen molar-refractivity contribution in [3.05, 3.63) is 0 Å². The van der Waals surface area contributed by atoms with Gasteiger partial charge in [-0.2, -0.15) is 0 Å². The van der Waals surface area contributed by atoms with Gasteiger partial charge in [-0.25, -0.2) is 0 Å². The van der Waals surface area contributed by atoms with Crippen molar-refractivity contribution >= 4 is 11.9 Å². The van der Waals surface area contributed by atoms with Crippen LogP contribution in [0.1, 0.15) is 32.1 Å². The van der Waals surface area contributed by atoms with Crippen LogP contribution in [0.3, 0.4) is 0 Å². The molecular formula is C10H15NO4. The smallest absolute Gasteiger partial charge is 0.324 e. The van der Waals surface area contributed by atoms with E-state index in [2.05, 4.69) is 5.32 Å². The molecule has 5 heteroatoms. The van der Waals surface area contributed by atoms with Gasteiger partial charge < -0.3 is 10.2 Å². The lowest BCUT2D eigenvalue weighted by Gasteiger charge is -2.29. The van der Waals surface area contributed by atoms with Crippen LogP contribution in [-0.4, -0.2) is 33.7 Å². The van der Waals surface area contributed by atoms with Crippen LogP contribution in [0.4, 0.5) is 0 Å². The first kappa shape index (κ1) is 10.4. The number of nitrogens with one attached hydrogen (secondary N) is 1. The number of rotatable bonds is 4. The number of hydrogen-bond acceptors (Lipinski definition) is 3. The van der Waals surface area contributed by atoms with Gasteiger partial charge in [0.2, 0.25) is 0 Å². The minimum atomic E-state index is -0.849. The predicted molar refractivity (Wildman–Crippen MR) is 51.5 cm³/mol. The van der Waals surface area contributed by atoms with Crippen LogP contribution in [0, 0.1) is 5.92 Å². The first-order valence-corrected chi connectivity index (χ1v) is 5.27. The van der Waals surface area contributed by atoms with Gasteiger partial charge in [0.05, 0.1) is 0 Å². The summed E-state index contributed by atoms with van der Waals surface area (Å²) in [6.07, 6.45) is 2.87. The maximum absolute atomic E-state index is 11.2. The zero-order valence-electron chi connectivity index (χ0n) is 8.40. The molecular weight excluding hydrogens is 198 g/mol. The van der Waals surface area contributed by atoms with Gasteiger partial charge in [0, 0.05) is 12.5 Å². The highest BCUT2D eigenvalue weighted by Crippen LogP contribution is 2.44. The van der Waals surface area contributed by atoms with Gasteiger partial charge in [-0.05, 0) is 31.6 Å². The monoisotopic (exact) mass is 213 g/mol. The van der Waals surface area contributed by atoms with Crippen LogP contribution in [0.15, 0.2) is 0 Å². The average molecular weight is 213 g/mol. The van der Waals surface area contributed by atoms with Crippen molar-refractivity contribution < 1.29 is 19.8 Å². The maximum Gasteiger partial charge on any atom is 0.324 e. The normalized spacial score (nSPS) is 38.1. The van der Waals surface area contributed by atoms with Gasteiger partial charge in [-0.3, -0.25) is 14.9 Å². The van der Waals surface area contributed by atoms with E-state index in [0.29, 0.717) is 12.8 Å². The SMILES string of the molecule is O=C(O)CC[C@@H]1C[C@H]2CC[C@]1(C(=O)O)N2. The fourth-order valence-corrected chi connectivity index (χ4v) is 2.96. The van der Waals surface area contributed by atoms with Gasteiger partial charge in [0.15, 0.2) is 0 Å². The number of carbonyl (C=O) groups is 2. The molecule has 0 aromatic rings. The van der Waals surface area contributed by atoms with Gasteiger partial charge in [-0.1, -0.05) is 0 Å². The minimum Gasteiger partial charge on any atom is -0.481 e. The molecule has 3 atom stereocenters. The summed E-state index contributed by atoms with van der Waals surface area (Å²) in [7, 11) is 0. The topological polar surface area (TPSA) is 86.6 Å². The second kappa shape index (κ2) is 3.48. The van der Waals surface area contributed by atoms with Crippen LogP contribution in [0.2, 0.25) is 0 Å². The van der Waals surface area contributed by atoms with Gasteiger partial charge in [0.25, 0.3) is 0 Å². The van der Waals surface area contributed by atoms with E-state index in [1.165, 1.54) is 0 Å². The lowest BCUT2D eigenvalue weighted by molar-refractivity contribution is -0.147. The summed E-state index contributed by atoms with van der Waals surface area (Å²) in [5, 5.41) is 20.9. The Morgan fingerprint density at radius 3 is 2.67 bits per heavy atom. The summed E-state index contributed by atoms with van der Waals surface area (Å²) in [6, 6.07) is 0.278. The number of carboxylic acid groups (broad SMARTS) is 2. The second-order valence-corrected chi connectivity index (χ2v) is 4.52. The van der Waals surface area contributed by atoms with Crippen molar-refractivity contribution in [3.8, 4) is 0 Å². The molecule has 0 aromatic carbocycles. The molecule has 84 valence electrons. The third kappa shape index (κ3) is 1.61. The highest BCUT2D eigenvalue weighted by molar-refractivity contribution is 5.80. The molecule has 3 N–H and O–H groups in total. The molecule has 0 unspecified atom stereocenters. The lowest BCUT2D eigenvalue weighted by Crippen LogP contribution is -2.49. The van der Waals surface area contributed by atoms with E-state index < -0.39 is 17.5 Å². The standard InChI is InChI=1S/C10H15NO4/c12-8(13)2-1-6-5-7-3-4-10(6,11-7)9(14)15/h6-7,11H,1-5H2,(H,12,13)(H,14,15)/t6-,7-,10+/m1/s1. The van der Waals surface area contributed by atoms with E-state index in [-0.39, 0.29) is 18.4 Å². The molecule has 0 spiro atoms. The van der Waals surface area contributed by atoms with Gasteiger partial charge in [-0.15, -0.1) is 0 Å². The van der Waals surface area contributed by atoms with Crippen LogP contribution in [0.25, 0.3) is 0 Å². The number of hydrogen-bond donors (Lipinski definition) is 3. The Bertz CT molecular complexity index is 304. The van der Waals surface area contributed by atoms with E-state index in [4.69, 9.17) is 5.11 Å². The summed E-state index contributed by atoms with van der Waals surface area (Å²) >= 11 is 0. The van der Waals surface area contributed by atoms with Crippen LogP contribution < -0.4 is 5.32 Å². The molecule has 2 fully saturated rings. The molecule has 0 radical (unpaired) electrons.